The number of hydrogen-bond acceptors (Lipinski definition) is 5. The SMILES string of the molecule is CCCc1ncc(-c2cc(C)no2)c([C@H]2CCCCN2C(=O)CC2CCCCC2)n1. The first-order chi connectivity index (χ1) is 14.7. The molecule has 1 saturated carbocycles. The van der Waals surface area contributed by atoms with Gasteiger partial charge >= 0.3 is 0 Å². The molecule has 4 rings (SSSR count). The van der Waals surface area contributed by atoms with Crippen molar-refractivity contribution in [3.8, 4) is 11.3 Å². The summed E-state index contributed by atoms with van der Waals surface area (Å²) in [7, 11) is 0. The number of carbonyl (C=O) groups excluding carboxylic acids is 1. The van der Waals surface area contributed by atoms with Crippen LogP contribution >= 0.6 is 0 Å². The van der Waals surface area contributed by atoms with E-state index in [9.17, 15) is 4.79 Å². The molecule has 3 heterocycles. The second kappa shape index (κ2) is 9.71. The van der Waals surface area contributed by atoms with E-state index in [2.05, 4.69) is 22.0 Å². The molecule has 1 aliphatic heterocycles. The first-order valence-corrected chi connectivity index (χ1v) is 11.7. The predicted molar refractivity (Wildman–Crippen MR) is 116 cm³/mol. The topological polar surface area (TPSA) is 72.1 Å². The molecule has 0 spiro atoms. The first-order valence-electron chi connectivity index (χ1n) is 11.7. The summed E-state index contributed by atoms with van der Waals surface area (Å²) < 4.78 is 5.57. The van der Waals surface area contributed by atoms with E-state index in [1.807, 2.05) is 19.2 Å². The van der Waals surface area contributed by atoms with Crippen LogP contribution in [0.4, 0.5) is 0 Å². The van der Waals surface area contributed by atoms with Gasteiger partial charge in [0.2, 0.25) is 5.91 Å². The minimum Gasteiger partial charge on any atom is -0.356 e. The zero-order valence-electron chi connectivity index (χ0n) is 18.4. The summed E-state index contributed by atoms with van der Waals surface area (Å²) in [5, 5.41) is 4.06. The third-order valence-electron chi connectivity index (χ3n) is 6.56. The van der Waals surface area contributed by atoms with E-state index in [0.717, 1.165) is 61.4 Å². The van der Waals surface area contributed by atoms with Crippen molar-refractivity contribution >= 4 is 5.91 Å². The van der Waals surface area contributed by atoms with Gasteiger partial charge in [0.05, 0.1) is 23.0 Å². The van der Waals surface area contributed by atoms with Crippen LogP contribution in [0.15, 0.2) is 16.8 Å². The molecule has 2 aromatic rings. The van der Waals surface area contributed by atoms with Crippen LogP contribution in [0.1, 0.15) is 94.4 Å². The number of aromatic nitrogens is 3. The molecule has 2 aliphatic rings. The Kier molecular flexibility index (Phi) is 6.80. The number of hydrogen-bond donors (Lipinski definition) is 0. The zero-order chi connectivity index (χ0) is 20.9. The predicted octanol–water partition coefficient (Wildman–Crippen LogP) is 5.42. The largest absolute Gasteiger partial charge is 0.356 e. The molecule has 162 valence electrons. The molecular weight excluding hydrogens is 376 g/mol. The summed E-state index contributed by atoms with van der Waals surface area (Å²) in [6.45, 7) is 4.87. The summed E-state index contributed by atoms with van der Waals surface area (Å²) in [5.74, 6) is 2.38. The van der Waals surface area contributed by atoms with E-state index in [4.69, 9.17) is 9.51 Å². The maximum atomic E-state index is 13.4. The highest BCUT2D eigenvalue weighted by molar-refractivity contribution is 5.77. The summed E-state index contributed by atoms with van der Waals surface area (Å²) in [4.78, 5) is 25.0. The number of nitrogens with zero attached hydrogens (tertiary/aromatic N) is 4. The third-order valence-corrected chi connectivity index (χ3v) is 6.56. The second-order valence-corrected chi connectivity index (χ2v) is 8.97. The van der Waals surface area contributed by atoms with Crippen LogP contribution in [0.3, 0.4) is 0 Å². The van der Waals surface area contributed by atoms with Gasteiger partial charge in [0.15, 0.2) is 5.76 Å². The third kappa shape index (κ3) is 4.73. The fourth-order valence-corrected chi connectivity index (χ4v) is 4.98. The Hall–Kier alpha value is -2.24. The van der Waals surface area contributed by atoms with Gasteiger partial charge in [0.1, 0.15) is 5.82 Å². The Morgan fingerprint density at radius 3 is 2.70 bits per heavy atom. The number of rotatable bonds is 6. The maximum absolute atomic E-state index is 13.4. The van der Waals surface area contributed by atoms with Gasteiger partial charge in [-0.3, -0.25) is 4.79 Å². The second-order valence-electron chi connectivity index (χ2n) is 8.97. The maximum Gasteiger partial charge on any atom is 0.223 e. The quantitative estimate of drug-likeness (QED) is 0.636. The zero-order valence-corrected chi connectivity index (χ0v) is 18.4. The van der Waals surface area contributed by atoms with Gasteiger partial charge in [-0.2, -0.15) is 0 Å². The highest BCUT2D eigenvalue weighted by Crippen LogP contribution is 2.37. The van der Waals surface area contributed by atoms with Crippen LogP contribution in [-0.4, -0.2) is 32.5 Å². The number of amides is 1. The van der Waals surface area contributed by atoms with E-state index in [1.54, 1.807) is 0 Å². The first kappa shape index (κ1) is 21.0. The van der Waals surface area contributed by atoms with Crippen molar-refractivity contribution in [2.24, 2.45) is 5.92 Å². The van der Waals surface area contributed by atoms with Crippen LogP contribution < -0.4 is 0 Å². The Morgan fingerprint density at radius 2 is 1.97 bits per heavy atom. The van der Waals surface area contributed by atoms with Crippen molar-refractivity contribution in [3.63, 3.8) is 0 Å². The lowest BCUT2D eigenvalue weighted by atomic mass is 9.86. The molecule has 1 aliphatic carbocycles. The molecule has 2 fully saturated rings. The van der Waals surface area contributed by atoms with E-state index >= 15 is 0 Å². The lowest BCUT2D eigenvalue weighted by Gasteiger charge is -2.37. The van der Waals surface area contributed by atoms with Gasteiger partial charge in [-0.25, -0.2) is 9.97 Å². The molecule has 1 atom stereocenters. The summed E-state index contributed by atoms with van der Waals surface area (Å²) in [5.41, 5.74) is 2.64. The summed E-state index contributed by atoms with van der Waals surface area (Å²) in [6, 6.07) is 1.92. The van der Waals surface area contributed by atoms with Gasteiger partial charge < -0.3 is 9.42 Å². The number of carbonyl (C=O) groups is 1. The standard InChI is InChI=1S/C24H34N4O2/c1-3-9-22-25-16-19(21-14-17(2)27-30-21)24(26-22)20-12-7-8-13-28(20)23(29)15-18-10-5-4-6-11-18/h14,16,18,20H,3-13,15H2,1-2H3/t20-/m1/s1. The van der Waals surface area contributed by atoms with Gasteiger partial charge in [-0.05, 0) is 51.4 Å². The van der Waals surface area contributed by atoms with Crippen molar-refractivity contribution in [2.75, 3.05) is 6.54 Å². The number of piperidine rings is 1. The molecule has 1 saturated heterocycles. The molecule has 0 unspecified atom stereocenters. The molecule has 1 amide bonds. The van der Waals surface area contributed by atoms with Gasteiger partial charge in [-0.1, -0.05) is 31.3 Å². The molecule has 0 N–H and O–H groups in total. The molecule has 0 aromatic carbocycles. The number of aryl methyl sites for hydroxylation is 2. The van der Waals surface area contributed by atoms with Crippen molar-refractivity contribution < 1.29 is 9.32 Å². The molecule has 0 radical (unpaired) electrons. The summed E-state index contributed by atoms with van der Waals surface area (Å²) >= 11 is 0. The fraction of sp³-hybridized carbons (Fsp3) is 0.667. The Bertz CT molecular complexity index is 857. The van der Waals surface area contributed by atoms with E-state index < -0.39 is 0 Å². The highest BCUT2D eigenvalue weighted by Gasteiger charge is 2.33. The smallest absolute Gasteiger partial charge is 0.223 e. The monoisotopic (exact) mass is 410 g/mol. The van der Waals surface area contributed by atoms with Crippen molar-refractivity contribution in [1.82, 2.24) is 20.0 Å². The van der Waals surface area contributed by atoms with E-state index in [-0.39, 0.29) is 6.04 Å². The molecule has 0 bridgehead atoms. The molecule has 30 heavy (non-hydrogen) atoms. The lowest BCUT2D eigenvalue weighted by Crippen LogP contribution is -2.40. The van der Waals surface area contributed by atoms with Gasteiger partial charge in [0, 0.05) is 31.6 Å². The van der Waals surface area contributed by atoms with Crippen molar-refractivity contribution in [1.29, 1.82) is 0 Å². The number of likely N-dealkylation sites (tertiary alicyclic amines) is 1. The minimum absolute atomic E-state index is 0.00569. The minimum atomic E-state index is -0.00569. The van der Waals surface area contributed by atoms with Crippen molar-refractivity contribution in [2.45, 2.75) is 90.5 Å². The van der Waals surface area contributed by atoms with Crippen LogP contribution in [0, 0.1) is 12.8 Å². The van der Waals surface area contributed by atoms with Gasteiger partial charge in [-0.15, -0.1) is 0 Å². The normalized spacial score (nSPS) is 20.5. The van der Waals surface area contributed by atoms with E-state index in [1.165, 1.54) is 32.1 Å². The average molecular weight is 411 g/mol. The molecule has 2 aromatic heterocycles. The molecule has 6 heteroatoms. The highest BCUT2D eigenvalue weighted by atomic mass is 16.5. The van der Waals surface area contributed by atoms with E-state index in [0.29, 0.717) is 24.0 Å². The van der Waals surface area contributed by atoms with Crippen LogP contribution in [0.5, 0.6) is 0 Å². The fourth-order valence-electron chi connectivity index (χ4n) is 4.98. The Labute approximate surface area is 179 Å². The van der Waals surface area contributed by atoms with Crippen LogP contribution in [-0.2, 0) is 11.2 Å². The lowest BCUT2D eigenvalue weighted by molar-refractivity contribution is -0.136. The van der Waals surface area contributed by atoms with Crippen molar-refractivity contribution in [3.05, 3.63) is 29.5 Å². The van der Waals surface area contributed by atoms with Crippen LogP contribution in [0.25, 0.3) is 11.3 Å². The Balaban J connectivity index is 1.64. The molecule has 6 nitrogen and oxygen atoms in total. The van der Waals surface area contributed by atoms with Gasteiger partial charge in [0.25, 0.3) is 0 Å². The summed E-state index contributed by atoms with van der Waals surface area (Å²) in [6.07, 6.45) is 13.7. The average Bonchev–Trinajstić information content (AvgIpc) is 3.21. The van der Waals surface area contributed by atoms with Crippen LogP contribution in [0.2, 0.25) is 0 Å². The molecular formula is C24H34N4O2. The Morgan fingerprint density at radius 1 is 1.17 bits per heavy atom.